The van der Waals surface area contributed by atoms with Crippen LogP contribution in [0.15, 0.2) is 18.2 Å². The zero-order chi connectivity index (χ0) is 8.39. The van der Waals surface area contributed by atoms with Crippen molar-refractivity contribution in [3.8, 4) is 5.75 Å². The molecule has 2 heteroatoms. The molecule has 2 nitrogen and oxygen atoms in total. The van der Waals surface area contributed by atoms with Gasteiger partial charge in [0.05, 0.1) is 6.61 Å². The van der Waals surface area contributed by atoms with Gasteiger partial charge in [-0.25, -0.2) is 0 Å². The predicted molar refractivity (Wildman–Crippen MR) is 49.8 cm³/mol. The van der Waals surface area contributed by atoms with Crippen molar-refractivity contribution in [2.45, 2.75) is 12.8 Å². The van der Waals surface area contributed by atoms with E-state index in [1.165, 1.54) is 11.3 Å². The topological polar surface area (TPSA) is 21.3 Å². The fraction of sp³-hybridized carbons (Fsp3) is 0.400. The molecular weight excluding hydrogens is 150 g/mol. The summed E-state index contributed by atoms with van der Waals surface area (Å²) in [6.45, 7) is 0.861. The summed E-state index contributed by atoms with van der Waals surface area (Å²) in [6, 6.07) is 6.15. The molecular formula is C10H13NO. The van der Waals surface area contributed by atoms with Gasteiger partial charge in [-0.15, -0.1) is 0 Å². The molecule has 0 spiro atoms. The molecule has 0 aromatic heterocycles. The number of benzene rings is 1. The molecule has 0 aliphatic carbocycles. The number of hydrogen-bond acceptors (Lipinski definition) is 2. The second-order valence-corrected chi connectivity index (χ2v) is 2.98. The van der Waals surface area contributed by atoms with Gasteiger partial charge in [0.1, 0.15) is 5.75 Å². The third kappa shape index (κ3) is 1.13. The molecule has 0 saturated carbocycles. The lowest BCUT2D eigenvalue weighted by atomic mass is 10.0. The van der Waals surface area contributed by atoms with Crippen molar-refractivity contribution < 1.29 is 4.74 Å². The average molecular weight is 163 g/mol. The van der Waals surface area contributed by atoms with Crippen molar-refractivity contribution >= 4 is 5.69 Å². The van der Waals surface area contributed by atoms with E-state index >= 15 is 0 Å². The van der Waals surface area contributed by atoms with Crippen LogP contribution < -0.4 is 10.1 Å². The Balaban J connectivity index is 2.44. The Hall–Kier alpha value is -1.18. The Morgan fingerprint density at radius 1 is 1.42 bits per heavy atom. The Morgan fingerprint density at radius 3 is 3.17 bits per heavy atom. The minimum absolute atomic E-state index is 0.861. The van der Waals surface area contributed by atoms with Gasteiger partial charge < -0.3 is 10.1 Å². The molecule has 1 aliphatic heterocycles. The van der Waals surface area contributed by atoms with Crippen LogP contribution in [0.25, 0.3) is 0 Å². The van der Waals surface area contributed by atoms with E-state index in [0.29, 0.717) is 0 Å². The molecule has 0 amide bonds. The van der Waals surface area contributed by atoms with E-state index < -0.39 is 0 Å². The Kier molecular flexibility index (Phi) is 1.90. The van der Waals surface area contributed by atoms with Crippen LogP contribution in [-0.4, -0.2) is 13.7 Å². The fourth-order valence-electron chi connectivity index (χ4n) is 1.62. The van der Waals surface area contributed by atoms with Crippen LogP contribution in [-0.2, 0) is 6.42 Å². The van der Waals surface area contributed by atoms with E-state index in [1.807, 2.05) is 19.2 Å². The number of rotatable bonds is 1. The molecule has 2 rings (SSSR count). The number of hydrogen-bond donors (Lipinski definition) is 1. The number of ether oxygens (including phenoxy) is 1. The van der Waals surface area contributed by atoms with Gasteiger partial charge in [-0.05, 0) is 25.0 Å². The quantitative estimate of drug-likeness (QED) is 0.684. The zero-order valence-corrected chi connectivity index (χ0v) is 7.26. The maximum Gasteiger partial charge on any atom is 0.124 e. The van der Waals surface area contributed by atoms with Gasteiger partial charge in [0, 0.05) is 18.3 Å². The third-order valence-corrected chi connectivity index (χ3v) is 2.23. The maximum absolute atomic E-state index is 5.53. The second-order valence-electron chi connectivity index (χ2n) is 2.98. The molecule has 12 heavy (non-hydrogen) atoms. The first kappa shape index (κ1) is 7.47. The first-order chi connectivity index (χ1) is 5.92. The maximum atomic E-state index is 5.53. The standard InChI is InChI=1S/C10H13NO/c1-11-9-5-2-6-10-8(9)4-3-7-12-10/h2,5-6,11H,3-4,7H2,1H3. The fourth-order valence-corrected chi connectivity index (χ4v) is 1.62. The second kappa shape index (κ2) is 3.05. The van der Waals surface area contributed by atoms with Crippen molar-refractivity contribution in [2.75, 3.05) is 19.0 Å². The van der Waals surface area contributed by atoms with Crippen LogP contribution in [0.2, 0.25) is 0 Å². The summed E-state index contributed by atoms with van der Waals surface area (Å²) in [6.07, 6.45) is 2.26. The molecule has 0 bridgehead atoms. The lowest BCUT2D eigenvalue weighted by Gasteiger charge is -2.19. The summed E-state index contributed by atoms with van der Waals surface area (Å²) in [5.41, 5.74) is 2.53. The Labute approximate surface area is 72.5 Å². The van der Waals surface area contributed by atoms with Crippen molar-refractivity contribution in [1.82, 2.24) is 0 Å². The molecule has 64 valence electrons. The third-order valence-electron chi connectivity index (χ3n) is 2.23. The lowest BCUT2D eigenvalue weighted by molar-refractivity contribution is 0.289. The van der Waals surface area contributed by atoms with E-state index in [4.69, 9.17) is 4.74 Å². The molecule has 0 radical (unpaired) electrons. The van der Waals surface area contributed by atoms with Crippen LogP contribution in [0, 0.1) is 0 Å². The Bertz CT molecular complexity index is 269. The normalized spacial score (nSPS) is 14.8. The predicted octanol–water partition coefficient (Wildman–Crippen LogP) is 2.05. The van der Waals surface area contributed by atoms with Gasteiger partial charge in [-0.1, -0.05) is 6.07 Å². The van der Waals surface area contributed by atoms with E-state index in [1.54, 1.807) is 0 Å². The van der Waals surface area contributed by atoms with Gasteiger partial charge in [0.15, 0.2) is 0 Å². The number of anilines is 1. The van der Waals surface area contributed by atoms with E-state index in [0.717, 1.165) is 25.2 Å². The van der Waals surface area contributed by atoms with Gasteiger partial charge in [-0.3, -0.25) is 0 Å². The van der Waals surface area contributed by atoms with Gasteiger partial charge in [-0.2, -0.15) is 0 Å². The highest BCUT2D eigenvalue weighted by Crippen LogP contribution is 2.30. The number of nitrogens with one attached hydrogen (secondary N) is 1. The lowest BCUT2D eigenvalue weighted by Crippen LogP contribution is -2.10. The van der Waals surface area contributed by atoms with Crippen molar-refractivity contribution in [1.29, 1.82) is 0 Å². The molecule has 1 N–H and O–H groups in total. The molecule has 1 aliphatic rings. The largest absolute Gasteiger partial charge is 0.493 e. The summed E-state index contributed by atoms with van der Waals surface area (Å²) >= 11 is 0. The van der Waals surface area contributed by atoms with Crippen molar-refractivity contribution in [3.05, 3.63) is 23.8 Å². The highest BCUT2D eigenvalue weighted by atomic mass is 16.5. The Morgan fingerprint density at radius 2 is 2.33 bits per heavy atom. The van der Waals surface area contributed by atoms with Gasteiger partial charge in [0.2, 0.25) is 0 Å². The molecule has 1 heterocycles. The van der Waals surface area contributed by atoms with Crippen LogP contribution in [0.1, 0.15) is 12.0 Å². The highest BCUT2D eigenvalue weighted by molar-refractivity contribution is 5.57. The van der Waals surface area contributed by atoms with Gasteiger partial charge in [0.25, 0.3) is 0 Å². The SMILES string of the molecule is CNc1cccc2c1CCCO2. The summed E-state index contributed by atoms with van der Waals surface area (Å²) in [4.78, 5) is 0. The van der Waals surface area contributed by atoms with Crippen LogP contribution in [0.4, 0.5) is 5.69 Å². The monoisotopic (exact) mass is 163 g/mol. The molecule has 1 aromatic carbocycles. The minimum Gasteiger partial charge on any atom is -0.493 e. The van der Waals surface area contributed by atoms with E-state index in [-0.39, 0.29) is 0 Å². The summed E-state index contributed by atoms with van der Waals surface area (Å²) in [5.74, 6) is 1.05. The van der Waals surface area contributed by atoms with Gasteiger partial charge >= 0.3 is 0 Å². The average Bonchev–Trinajstić information content (AvgIpc) is 2.17. The van der Waals surface area contributed by atoms with E-state index in [2.05, 4.69) is 11.4 Å². The number of fused-ring (bicyclic) bond motifs is 1. The minimum atomic E-state index is 0.861. The summed E-state index contributed by atoms with van der Waals surface area (Å²) in [7, 11) is 1.95. The van der Waals surface area contributed by atoms with Crippen LogP contribution >= 0.6 is 0 Å². The van der Waals surface area contributed by atoms with E-state index in [9.17, 15) is 0 Å². The summed E-state index contributed by atoms with van der Waals surface area (Å²) < 4.78 is 5.53. The molecule has 0 fully saturated rings. The first-order valence-electron chi connectivity index (χ1n) is 4.34. The molecule has 1 aromatic rings. The highest BCUT2D eigenvalue weighted by Gasteiger charge is 2.12. The first-order valence-corrected chi connectivity index (χ1v) is 4.34. The molecule has 0 atom stereocenters. The zero-order valence-electron chi connectivity index (χ0n) is 7.26. The van der Waals surface area contributed by atoms with Crippen LogP contribution in [0.5, 0.6) is 5.75 Å². The smallest absolute Gasteiger partial charge is 0.124 e. The van der Waals surface area contributed by atoms with Crippen LogP contribution in [0.3, 0.4) is 0 Å². The van der Waals surface area contributed by atoms with Crippen molar-refractivity contribution in [2.24, 2.45) is 0 Å². The summed E-state index contributed by atoms with van der Waals surface area (Å²) in [5, 5.41) is 3.18. The van der Waals surface area contributed by atoms with Crippen molar-refractivity contribution in [3.63, 3.8) is 0 Å². The molecule has 0 unspecified atom stereocenters. The molecule has 0 saturated heterocycles.